The number of benzene rings is 2. The fourth-order valence-corrected chi connectivity index (χ4v) is 3.86. The number of hydrogen-bond donors (Lipinski definition) is 0. The van der Waals surface area contributed by atoms with E-state index < -0.39 is 6.61 Å². The zero-order valence-electron chi connectivity index (χ0n) is 16.4. The van der Waals surface area contributed by atoms with Crippen LogP contribution >= 0.6 is 11.8 Å². The van der Waals surface area contributed by atoms with Crippen molar-refractivity contribution in [2.75, 3.05) is 5.75 Å². The molecule has 0 saturated heterocycles. The zero-order valence-corrected chi connectivity index (χ0v) is 17.2. The van der Waals surface area contributed by atoms with E-state index in [0.29, 0.717) is 11.7 Å². The maximum absolute atomic E-state index is 12.7. The molecule has 29 heavy (non-hydrogen) atoms. The fraction of sp³-hybridized carbons (Fsp3) is 0.286. The van der Waals surface area contributed by atoms with Crippen molar-refractivity contribution in [3.63, 3.8) is 0 Å². The Balaban J connectivity index is 1.82. The van der Waals surface area contributed by atoms with Crippen LogP contribution in [0.2, 0.25) is 0 Å². The average Bonchev–Trinajstić information content (AvgIpc) is 3.10. The van der Waals surface area contributed by atoms with Crippen molar-refractivity contribution in [1.82, 2.24) is 14.8 Å². The standard InChI is InChI=1S/C21H21F2N3O2S/c1-4-26-19(15-8-6-5-7-14(15)3)24-25-21(26)29-12-17(27)16-11-13(2)9-10-18(16)28-20(22)23/h5-11,20H,4,12H2,1-3H3. The minimum atomic E-state index is -2.99. The van der Waals surface area contributed by atoms with Gasteiger partial charge in [0.25, 0.3) is 0 Å². The lowest BCUT2D eigenvalue weighted by Crippen LogP contribution is -2.10. The molecule has 0 aliphatic carbocycles. The summed E-state index contributed by atoms with van der Waals surface area (Å²) >= 11 is 1.23. The van der Waals surface area contributed by atoms with E-state index in [9.17, 15) is 13.6 Å². The molecule has 2 aromatic carbocycles. The molecule has 152 valence electrons. The molecule has 0 N–H and O–H groups in total. The molecule has 0 unspecified atom stereocenters. The molecule has 0 atom stereocenters. The highest BCUT2D eigenvalue weighted by molar-refractivity contribution is 7.99. The molecule has 8 heteroatoms. The molecule has 1 heterocycles. The monoisotopic (exact) mass is 417 g/mol. The van der Waals surface area contributed by atoms with Crippen LogP contribution in [-0.4, -0.2) is 32.9 Å². The first-order valence-corrected chi connectivity index (χ1v) is 10.1. The van der Waals surface area contributed by atoms with Crippen molar-refractivity contribution in [3.8, 4) is 17.1 Å². The number of Topliss-reactive ketones (excluding diaryl/α,β-unsaturated/α-hetero) is 1. The van der Waals surface area contributed by atoms with Crippen molar-refractivity contribution < 1.29 is 18.3 Å². The van der Waals surface area contributed by atoms with E-state index in [1.165, 1.54) is 17.8 Å². The molecule has 0 saturated carbocycles. The van der Waals surface area contributed by atoms with Gasteiger partial charge in [-0.2, -0.15) is 8.78 Å². The summed E-state index contributed by atoms with van der Waals surface area (Å²) in [5.74, 6) is 0.346. The first-order valence-electron chi connectivity index (χ1n) is 9.11. The maximum atomic E-state index is 12.7. The van der Waals surface area contributed by atoms with Gasteiger partial charge < -0.3 is 9.30 Å². The van der Waals surface area contributed by atoms with Crippen LogP contribution in [0.1, 0.15) is 28.4 Å². The van der Waals surface area contributed by atoms with Crippen molar-refractivity contribution in [2.24, 2.45) is 0 Å². The number of rotatable bonds is 8. The Morgan fingerprint density at radius 1 is 1.17 bits per heavy atom. The Hall–Kier alpha value is -2.74. The second kappa shape index (κ2) is 9.17. The molecule has 5 nitrogen and oxygen atoms in total. The van der Waals surface area contributed by atoms with E-state index in [-0.39, 0.29) is 22.8 Å². The van der Waals surface area contributed by atoms with Crippen LogP contribution in [0.25, 0.3) is 11.4 Å². The lowest BCUT2D eigenvalue weighted by atomic mass is 10.1. The van der Waals surface area contributed by atoms with E-state index >= 15 is 0 Å². The Morgan fingerprint density at radius 3 is 2.62 bits per heavy atom. The van der Waals surface area contributed by atoms with Crippen LogP contribution in [-0.2, 0) is 6.54 Å². The van der Waals surface area contributed by atoms with Gasteiger partial charge >= 0.3 is 6.61 Å². The van der Waals surface area contributed by atoms with E-state index in [1.54, 1.807) is 19.1 Å². The minimum absolute atomic E-state index is 0.0367. The Bertz CT molecular complexity index is 1020. The van der Waals surface area contributed by atoms with Gasteiger partial charge in [-0.15, -0.1) is 10.2 Å². The van der Waals surface area contributed by atoms with Gasteiger partial charge in [-0.25, -0.2) is 0 Å². The van der Waals surface area contributed by atoms with Gasteiger partial charge in [-0.3, -0.25) is 4.79 Å². The summed E-state index contributed by atoms with van der Waals surface area (Å²) in [4.78, 5) is 12.7. The van der Waals surface area contributed by atoms with Gasteiger partial charge in [0, 0.05) is 12.1 Å². The van der Waals surface area contributed by atoms with E-state index in [0.717, 1.165) is 22.5 Å². The summed E-state index contributed by atoms with van der Waals surface area (Å²) in [6, 6.07) is 12.5. The second-order valence-corrected chi connectivity index (χ2v) is 7.40. The molecule has 0 amide bonds. The van der Waals surface area contributed by atoms with Crippen LogP contribution in [0, 0.1) is 13.8 Å². The molecule has 0 aliphatic rings. The number of aryl methyl sites for hydroxylation is 2. The molecule has 0 aliphatic heterocycles. The van der Waals surface area contributed by atoms with Gasteiger partial charge in [0.2, 0.25) is 0 Å². The van der Waals surface area contributed by atoms with Crippen LogP contribution < -0.4 is 4.74 Å². The number of carbonyl (C=O) groups excluding carboxylic acids is 1. The largest absolute Gasteiger partial charge is 0.434 e. The van der Waals surface area contributed by atoms with Crippen LogP contribution in [0.5, 0.6) is 5.75 Å². The number of halogens is 2. The fourth-order valence-electron chi connectivity index (χ4n) is 2.97. The second-order valence-electron chi connectivity index (χ2n) is 6.46. The number of nitrogens with zero attached hydrogens (tertiary/aromatic N) is 3. The molecular formula is C21H21F2N3O2S. The SMILES string of the molecule is CCn1c(SCC(=O)c2cc(C)ccc2OC(F)F)nnc1-c1ccccc1C. The molecule has 0 spiro atoms. The smallest absolute Gasteiger partial charge is 0.387 e. The first-order chi connectivity index (χ1) is 13.9. The molecule has 0 bridgehead atoms. The predicted molar refractivity (Wildman–Crippen MR) is 109 cm³/mol. The van der Waals surface area contributed by atoms with Crippen molar-refractivity contribution in [1.29, 1.82) is 0 Å². The number of aromatic nitrogens is 3. The summed E-state index contributed by atoms with van der Waals surface area (Å²) in [6.07, 6.45) is 0. The molecule has 0 fully saturated rings. The molecule has 0 radical (unpaired) electrons. The van der Waals surface area contributed by atoms with E-state index in [4.69, 9.17) is 0 Å². The average molecular weight is 417 g/mol. The highest BCUT2D eigenvalue weighted by Crippen LogP contribution is 2.28. The molecular weight excluding hydrogens is 396 g/mol. The lowest BCUT2D eigenvalue weighted by Gasteiger charge is -2.11. The Labute approximate surface area is 172 Å². The van der Waals surface area contributed by atoms with E-state index in [2.05, 4.69) is 14.9 Å². The topological polar surface area (TPSA) is 57.0 Å². The normalized spacial score (nSPS) is 11.1. The van der Waals surface area contributed by atoms with Gasteiger partial charge in [0.1, 0.15) is 5.75 Å². The summed E-state index contributed by atoms with van der Waals surface area (Å²) in [6.45, 7) is 3.42. The number of thioether (sulfide) groups is 1. The van der Waals surface area contributed by atoms with Gasteiger partial charge in [-0.1, -0.05) is 47.7 Å². The summed E-state index contributed by atoms with van der Waals surface area (Å²) in [7, 11) is 0. The summed E-state index contributed by atoms with van der Waals surface area (Å²) < 4.78 is 31.7. The van der Waals surface area contributed by atoms with Crippen molar-refractivity contribution in [3.05, 3.63) is 59.2 Å². The summed E-state index contributed by atoms with van der Waals surface area (Å²) in [5.41, 5.74) is 2.99. The molecule has 3 aromatic rings. The third-order valence-corrected chi connectivity index (χ3v) is 5.37. The lowest BCUT2D eigenvalue weighted by molar-refractivity contribution is -0.0501. The third-order valence-electron chi connectivity index (χ3n) is 4.40. The maximum Gasteiger partial charge on any atom is 0.387 e. The quantitative estimate of drug-likeness (QED) is 0.374. The number of carbonyl (C=O) groups is 1. The third kappa shape index (κ3) is 4.82. The highest BCUT2D eigenvalue weighted by atomic mass is 32.2. The first kappa shape index (κ1) is 21.0. The van der Waals surface area contributed by atoms with Crippen molar-refractivity contribution in [2.45, 2.75) is 39.1 Å². The number of hydrogen-bond acceptors (Lipinski definition) is 5. The number of alkyl halides is 2. The van der Waals surface area contributed by atoms with Gasteiger partial charge in [0.15, 0.2) is 16.8 Å². The van der Waals surface area contributed by atoms with Crippen molar-refractivity contribution >= 4 is 17.5 Å². The predicted octanol–water partition coefficient (Wildman–Crippen LogP) is 5.16. The number of ketones is 1. The van der Waals surface area contributed by atoms with Crippen LogP contribution in [0.15, 0.2) is 47.6 Å². The van der Waals surface area contributed by atoms with Gasteiger partial charge in [-0.05, 0) is 38.5 Å². The zero-order chi connectivity index (χ0) is 21.0. The minimum Gasteiger partial charge on any atom is -0.434 e. The summed E-state index contributed by atoms with van der Waals surface area (Å²) in [5, 5.41) is 9.13. The van der Waals surface area contributed by atoms with Crippen LogP contribution in [0.3, 0.4) is 0 Å². The number of ether oxygens (including phenoxy) is 1. The Morgan fingerprint density at radius 2 is 1.93 bits per heavy atom. The van der Waals surface area contributed by atoms with E-state index in [1.807, 2.05) is 42.7 Å². The van der Waals surface area contributed by atoms with Crippen LogP contribution in [0.4, 0.5) is 8.78 Å². The Kier molecular flexibility index (Phi) is 6.64. The van der Waals surface area contributed by atoms with Gasteiger partial charge in [0.05, 0.1) is 11.3 Å². The molecule has 1 aromatic heterocycles. The molecule has 3 rings (SSSR count). The highest BCUT2D eigenvalue weighted by Gasteiger charge is 2.19.